The topological polar surface area (TPSA) is 49.4 Å². The number of halogens is 1. The molecule has 0 spiro atoms. The smallest absolute Gasteiger partial charge is 0.244 e. The lowest BCUT2D eigenvalue weighted by Gasteiger charge is -2.20. The van der Waals surface area contributed by atoms with E-state index in [1.165, 1.54) is 4.31 Å². The summed E-state index contributed by atoms with van der Waals surface area (Å²) in [5.41, 5.74) is 1.92. The highest BCUT2D eigenvalue weighted by atomic mass is 79.9. The average molecular weight is 363 g/mol. The first kappa shape index (κ1) is 17.6. The van der Waals surface area contributed by atoms with Gasteiger partial charge in [0.05, 0.1) is 4.90 Å². The van der Waals surface area contributed by atoms with Crippen molar-refractivity contribution >= 4 is 26.0 Å². The second kappa shape index (κ2) is 7.54. The molecular formula is C14H23BrN2O2S. The molecule has 0 amide bonds. The highest BCUT2D eigenvalue weighted by Crippen LogP contribution is 2.29. The maximum Gasteiger partial charge on any atom is 0.244 e. The summed E-state index contributed by atoms with van der Waals surface area (Å²) in [6.45, 7) is 10.1. The van der Waals surface area contributed by atoms with Crippen molar-refractivity contribution in [3.63, 3.8) is 0 Å². The van der Waals surface area contributed by atoms with Crippen LogP contribution in [-0.4, -0.2) is 32.4 Å². The molecule has 20 heavy (non-hydrogen) atoms. The van der Waals surface area contributed by atoms with Gasteiger partial charge in [-0.15, -0.1) is 0 Å². The zero-order chi connectivity index (χ0) is 15.3. The molecule has 0 aliphatic heterocycles. The van der Waals surface area contributed by atoms with Crippen LogP contribution in [0.25, 0.3) is 0 Å². The minimum absolute atomic E-state index is 0.356. The summed E-state index contributed by atoms with van der Waals surface area (Å²) < 4.78 is 27.5. The molecule has 4 nitrogen and oxygen atoms in total. The number of benzene rings is 1. The molecule has 0 radical (unpaired) electrons. The fraction of sp³-hybridized carbons (Fsp3) is 0.571. The van der Waals surface area contributed by atoms with Crippen molar-refractivity contribution in [1.29, 1.82) is 0 Å². The third-order valence-electron chi connectivity index (χ3n) is 3.18. The van der Waals surface area contributed by atoms with Crippen LogP contribution in [0.15, 0.2) is 21.5 Å². The van der Waals surface area contributed by atoms with E-state index >= 15 is 0 Å². The van der Waals surface area contributed by atoms with Gasteiger partial charge in [-0.1, -0.05) is 26.8 Å². The number of rotatable bonds is 7. The Kier molecular flexibility index (Phi) is 6.64. The Hall–Kier alpha value is -0.430. The first-order valence-corrected chi connectivity index (χ1v) is 9.11. The molecule has 114 valence electrons. The van der Waals surface area contributed by atoms with Gasteiger partial charge in [0.1, 0.15) is 0 Å². The molecule has 1 aromatic rings. The van der Waals surface area contributed by atoms with E-state index in [0.717, 1.165) is 17.7 Å². The molecule has 0 bridgehead atoms. The van der Waals surface area contributed by atoms with Crippen LogP contribution in [-0.2, 0) is 16.6 Å². The van der Waals surface area contributed by atoms with Gasteiger partial charge in [0.2, 0.25) is 10.0 Å². The number of sulfonamides is 1. The monoisotopic (exact) mass is 362 g/mol. The van der Waals surface area contributed by atoms with Crippen LogP contribution in [0.5, 0.6) is 0 Å². The van der Waals surface area contributed by atoms with Crippen molar-refractivity contribution in [3.05, 3.63) is 27.7 Å². The molecule has 0 saturated carbocycles. The third kappa shape index (κ3) is 3.81. The van der Waals surface area contributed by atoms with Gasteiger partial charge in [0.15, 0.2) is 0 Å². The van der Waals surface area contributed by atoms with Gasteiger partial charge in [0.25, 0.3) is 0 Å². The SMILES string of the molecule is CCNCc1cc(C)c(Br)c(S(=O)(=O)N(CC)CC)c1. The molecule has 0 atom stereocenters. The third-order valence-corrected chi connectivity index (χ3v) is 6.57. The first-order chi connectivity index (χ1) is 9.38. The van der Waals surface area contributed by atoms with Crippen molar-refractivity contribution in [2.75, 3.05) is 19.6 Å². The Labute approximate surface area is 130 Å². The van der Waals surface area contributed by atoms with E-state index < -0.39 is 10.0 Å². The van der Waals surface area contributed by atoms with Gasteiger partial charge in [0, 0.05) is 24.1 Å². The number of hydrogen-bond donors (Lipinski definition) is 1. The minimum atomic E-state index is -3.44. The Balaban J connectivity index is 3.32. The molecule has 0 aliphatic carbocycles. The van der Waals surface area contributed by atoms with Crippen LogP contribution in [0.2, 0.25) is 0 Å². The summed E-state index contributed by atoms with van der Waals surface area (Å²) in [7, 11) is -3.44. The van der Waals surface area contributed by atoms with E-state index in [1.807, 2.05) is 33.8 Å². The van der Waals surface area contributed by atoms with E-state index in [0.29, 0.717) is 29.0 Å². The number of hydrogen-bond acceptors (Lipinski definition) is 3. The Morgan fingerprint density at radius 3 is 2.30 bits per heavy atom. The molecule has 0 heterocycles. The van der Waals surface area contributed by atoms with Crippen LogP contribution < -0.4 is 5.32 Å². The number of aryl methyl sites for hydroxylation is 1. The zero-order valence-corrected chi connectivity index (χ0v) is 14.9. The molecule has 0 aromatic heterocycles. The number of nitrogens with zero attached hydrogens (tertiary/aromatic N) is 1. The second-order valence-corrected chi connectivity index (χ2v) is 7.29. The largest absolute Gasteiger partial charge is 0.313 e. The Bertz CT molecular complexity index is 555. The summed E-state index contributed by atoms with van der Waals surface area (Å²) in [5, 5.41) is 3.22. The molecule has 1 aromatic carbocycles. The van der Waals surface area contributed by atoms with Crippen LogP contribution in [0.4, 0.5) is 0 Å². The van der Waals surface area contributed by atoms with Gasteiger partial charge in [-0.25, -0.2) is 8.42 Å². The van der Waals surface area contributed by atoms with Crippen molar-refractivity contribution < 1.29 is 8.42 Å². The normalized spacial score (nSPS) is 12.1. The average Bonchev–Trinajstić information content (AvgIpc) is 2.40. The van der Waals surface area contributed by atoms with Gasteiger partial charge >= 0.3 is 0 Å². The van der Waals surface area contributed by atoms with E-state index in [1.54, 1.807) is 6.07 Å². The maximum absolute atomic E-state index is 12.7. The van der Waals surface area contributed by atoms with Gasteiger partial charge in [-0.3, -0.25) is 0 Å². The molecule has 1 N–H and O–H groups in total. The zero-order valence-electron chi connectivity index (χ0n) is 12.5. The summed E-state index contributed by atoms with van der Waals surface area (Å²) in [4.78, 5) is 0.356. The van der Waals surface area contributed by atoms with Crippen molar-refractivity contribution in [2.45, 2.75) is 39.1 Å². The molecule has 0 fully saturated rings. The lowest BCUT2D eigenvalue weighted by Crippen LogP contribution is -2.31. The Morgan fingerprint density at radius 1 is 1.20 bits per heavy atom. The van der Waals surface area contributed by atoms with Gasteiger partial charge in [-0.05, 0) is 46.6 Å². The van der Waals surface area contributed by atoms with E-state index in [2.05, 4.69) is 21.2 Å². The van der Waals surface area contributed by atoms with Crippen LogP contribution in [0.1, 0.15) is 31.9 Å². The molecule has 0 saturated heterocycles. The minimum Gasteiger partial charge on any atom is -0.313 e. The standard InChI is InChI=1S/C14H23BrN2O2S/c1-5-16-10-12-8-11(4)14(15)13(9-12)20(18,19)17(6-2)7-3/h8-9,16H,5-7,10H2,1-4H3. The highest BCUT2D eigenvalue weighted by molar-refractivity contribution is 9.10. The molecule has 0 unspecified atom stereocenters. The number of nitrogens with one attached hydrogen (secondary N) is 1. The van der Waals surface area contributed by atoms with Crippen molar-refractivity contribution in [3.8, 4) is 0 Å². The summed E-state index contributed by atoms with van der Waals surface area (Å²) in [6.07, 6.45) is 0. The quantitative estimate of drug-likeness (QED) is 0.811. The van der Waals surface area contributed by atoms with Crippen molar-refractivity contribution in [2.24, 2.45) is 0 Å². The van der Waals surface area contributed by atoms with Gasteiger partial charge in [-0.2, -0.15) is 4.31 Å². The van der Waals surface area contributed by atoms with E-state index in [-0.39, 0.29) is 0 Å². The Morgan fingerprint density at radius 2 is 1.80 bits per heavy atom. The maximum atomic E-state index is 12.7. The second-order valence-electron chi connectivity index (χ2n) is 4.59. The predicted molar refractivity (Wildman–Crippen MR) is 86.4 cm³/mol. The highest BCUT2D eigenvalue weighted by Gasteiger charge is 2.25. The van der Waals surface area contributed by atoms with Crippen LogP contribution in [0, 0.1) is 6.92 Å². The first-order valence-electron chi connectivity index (χ1n) is 6.88. The van der Waals surface area contributed by atoms with Gasteiger partial charge < -0.3 is 5.32 Å². The summed E-state index contributed by atoms with van der Waals surface area (Å²) in [5.74, 6) is 0. The van der Waals surface area contributed by atoms with Crippen molar-refractivity contribution in [1.82, 2.24) is 9.62 Å². The molecular weight excluding hydrogens is 340 g/mol. The fourth-order valence-corrected chi connectivity index (χ4v) is 4.56. The summed E-state index contributed by atoms with van der Waals surface area (Å²) in [6, 6.07) is 3.77. The fourth-order valence-electron chi connectivity index (χ4n) is 2.07. The molecule has 6 heteroatoms. The predicted octanol–water partition coefficient (Wildman–Crippen LogP) is 2.90. The van der Waals surface area contributed by atoms with E-state index in [4.69, 9.17) is 0 Å². The molecule has 1 rings (SSSR count). The van der Waals surface area contributed by atoms with Crippen LogP contribution >= 0.6 is 15.9 Å². The summed E-state index contributed by atoms with van der Waals surface area (Å²) >= 11 is 3.42. The lowest BCUT2D eigenvalue weighted by atomic mass is 10.1. The van der Waals surface area contributed by atoms with E-state index in [9.17, 15) is 8.42 Å². The molecule has 0 aliphatic rings. The van der Waals surface area contributed by atoms with Crippen LogP contribution in [0.3, 0.4) is 0 Å². The lowest BCUT2D eigenvalue weighted by molar-refractivity contribution is 0.444.